The fourth-order valence-electron chi connectivity index (χ4n) is 4.22. The first-order valence-corrected chi connectivity index (χ1v) is 12.1. The number of likely N-dealkylation sites (N-methyl/N-ethyl adjacent to an activating group) is 1. The van der Waals surface area contributed by atoms with E-state index in [4.69, 9.17) is 4.74 Å². The molecule has 166 valence electrons. The zero-order valence-electron chi connectivity index (χ0n) is 18.1. The number of likely N-dealkylation sites (tertiary alicyclic amines) is 2. The molecule has 3 rings (SSSR count). The van der Waals surface area contributed by atoms with Crippen molar-refractivity contribution in [2.45, 2.75) is 50.5 Å². The van der Waals surface area contributed by atoms with Gasteiger partial charge in [0.15, 0.2) is 0 Å². The molecule has 0 bridgehead atoms. The average molecular weight is 437 g/mol. The van der Waals surface area contributed by atoms with Crippen LogP contribution in [-0.4, -0.2) is 75.8 Å². The molecule has 0 spiro atoms. The minimum absolute atomic E-state index is 0.0000424. The molecular weight excluding hydrogens is 404 g/mol. The summed E-state index contributed by atoms with van der Waals surface area (Å²) in [6.45, 7) is 8.16. The lowest BCUT2D eigenvalue weighted by Gasteiger charge is -2.23. The molecule has 1 aromatic rings. The molecule has 2 saturated heterocycles. The largest absolute Gasteiger partial charge is 0.496 e. The quantitative estimate of drug-likeness (QED) is 0.671. The van der Waals surface area contributed by atoms with Crippen molar-refractivity contribution in [1.82, 2.24) is 15.1 Å². The number of carbonyl (C=O) groups is 1. The van der Waals surface area contributed by atoms with Gasteiger partial charge in [-0.15, -0.1) is 4.40 Å². The SMILES string of the molecule is CCN1CCCC1=NS(=O)(=O)c1ccc(OC)c(C(=O)NCC2CCCN2CC)c1. The topological polar surface area (TPSA) is 91.3 Å². The third-order valence-electron chi connectivity index (χ3n) is 5.92. The van der Waals surface area contributed by atoms with Crippen LogP contribution in [-0.2, 0) is 10.0 Å². The molecule has 1 N–H and O–H groups in total. The van der Waals surface area contributed by atoms with Crippen LogP contribution in [0.4, 0.5) is 0 Å². The summed E-state index contributed by atoms with van der Waals surface area (Å²) in [5, 5.41) is 2.95. The third-order valence-corrected chi connectivity index (χ3v) is 7.22. The standard InChI is InChI=1S/C21H32N4O4S/c1-4-24-12-6-8-16(24)15-22-21(26)18-14-17(10-11-19(18)29-3)30(27,28)23-20-9-7-13-25(20)5-2/h10-11,14,16H,4-9,12-13,15H2,1-3H3,(H,22,26). The summed E-state index contributed by atoms with van der Waals surface area (Å²) < 4.78 is 35.1. The molecule has 0 radical (unpaired) electrons. The zero-order valence-corrected chi connectivity index (χ0v) is 18.9. The summed E-state index contributed by atoms with van der Waals surface area (Å²) >= 11 is 0. The van der Waals surface area contributed by atoms with Crippen LogP contribution in [0.2, 0.25) is 0 Å². The lowest BCUT2D eigenvalue weighted by atomic mass is 10.1. The normalized spacial score (nSPS) is 21.4. The summed E-state index contributed by atoms with van der Waals surface area (Å²) in [4.78, 5) is 17.2. The molecule has 0 saturated carbocycles. The second-order valence-corrected chi connectivity index (χ2v) is 9.27. The molecule has 1 atom stereocenters. The van der Waals surface area contributed by atoms with Crippen LogP contribution in [0.1, 0.15) is 49.9 Å². The third kappa shape index (κ3) is 4.95. The van der Waals surface area contributed by atoms with Gasteiger partial charge in [-0.05, 0) is 57.5 Å². The number of ether oxygens (including phenoxy) is 1. The average Bonchev–Trinajstić information content (AvgIpc) is 3.39. The lowest BCUT2D eigenvalue weighted by molar-refractivity contribution is 0.0938. The molecule has 0 aromatic heterocycles. The Morgan fingerprint density at radius 2 is 2.03 bits per heavy atom. The molecule has 2 fully saturated rings. The highest BCUT2D eigenvalue weighted by Gasteiger charge is 2.26. The van der Waals surface area contributed by atoms with Gasteiger partial charge in [0.1, 0.15) is 11.6 Å². The van der Waals surface area contributed by atoms with Crippen LogP contribution in [0.25, 0.3) is 0 Å². The van der Waals surface area contributed by atoms with E-state index in [1.807, 2.05) is 11.8 Å². The number of amides is 1. The van der Waals surface area contributed by atoms with Crippen molar-refractivity contribution in [1.29, 1.82) is 0 Å². The number of amidine groups is 1. The number of carbonyl (C=O) groups excluding carboxylic acids is 1. The van der Waals surface area contributed by atoms with E-state index in [0.29, 0.717) is 30.6 Å². The van der Waals surface area contributed by atoms with Gasteiger partial charge in [0.25, 0.3) is 15.9 Å². The van der Waals surface area contributed by atoms with Gasteiger partial charge in [-0.25, -0.2) is 0 Å². The molecular formula is C21H32N4O4S. The van der Waals surface area contributed by atoms with Gasteiger partial charge in [0, 0.05) is 32.1 Å². The second-order valence-electron chi connectivity index (χ2n) is 7.66. The van der Waals surface area contributed by atoms with Crippen molar-refractivity contribution < 1.29 is 17.9 Å². The first-order valence-electron chi connectivity index (χ1n) is 10.7. The highest BCUT2D eigenvalue weighted by Crippen LogP contribution is 2.25. The molecule has 8 nitrogen and oxygen atoms in total. The Balaban J connectivity index is 1.81. The molecule has 9 heteroatoms. The first-order chi connectivity index (χ1) is 14.4. The molecule has 1 unspecified atom stereocenters. The number of methoxy groups -OCH3 is 1. The van der Waals surface area contributed by atoms with Crippen LogP contribution < -0.4 is 10.1 Å². The summed E-state index contributed by atoms with van der Waals surface area (Å²) in [6.07, 6.45) is 3.71. The van der Waals surface area contributed by atoms with Gasteiger partial charge < -0.3 is 15.0 Å². The van der Waals surface area contributed by atoms with E-state index in [0.717, 1.165) is 45.4 Å². The zero-order chi connectivity index (χ0) is 21.7. The predicted octanol–water partition coefficient (Wildman–Crippen LogP) is 2.11. The fraction of sp³-hybridized carbons (Fsp3) is 0.619. The number of benzene rings is 1. The van der Waals surface area contributed by atoms with E-state index in [9.17, 15) is 13.2 Å². The number of nitrogens with one attached hydrogen (secondary N) is 1. The van der Waals surface area contributed by atoms with Gasteiger partial charge in [-0.1, -0.05) is 6.92 Å². The Morgan fingerprint density at radius 1 is 1.23 bits per heavy atom. The van der Waals surface area contributed by atoms with Crippen molar-refractivity contribution in [3.8, 4) is 5.75 Å². The number of rotatable bonds is 8. The molecule has 2 heterocycles. The molecule has 1 amide bonds. The van der Waals surface area contributed by atoms with Crippen molar-refractivity contribution in [3.05, 3.63) is 23.8 Å². The van der Waals surface area contributed by atoms with Crippen molar-refractivity contribution >= 4 is 21.8 Å². The maximum absolute atomic E-state index is 12.9. The van der Waals surface area contributed by atoms with Crippen LogP contribution in [0.3, 0.4) is 0 Å². The van der Waals surface area contributed by atoms with E-state index in [-0.39, 0.29) is 16.4 Å². The number of hydrogen-bond donors (Lipinski definition) is 1. The van der Waals surface area contributed by atoms with E-state index < -0.39 is 10.0 Å². The van der Waals surface area contributed by atoms with E-state index >= 15 is 0 Å². The van der Waals surface area contributed by atoms with Crippen LogP contribution in [0.15, 0.2) is 27.5 Å². The van der Waals surface area contributed by atoms with E-state index in [1.165, 1.54) is 25.3 Å². The van der Waals surface area contributed by atoms with Crippen LogP contribution in [0.5, 0.6) is 5.75 Å². The first kappa shape index (κ1) is 22.6. The van der Waals surface area contributed by atoms with Crippen LogP contribution in [0, 0.1) is 0 Å². The molecule has 2 aliphatic rings. The Labute approximate surface area is 179 Å². The summed E-state index contributed by atoms with van der Waals surface area (Å²) in [7, 11) is -2.44. The Hall–Kier alpha value is -2.13. The van der Waals surface area contributed by atoms with Crippen molar-refractivity contribution in [2.24, 2.45) is 4.40 Å². The Bertz CT molecular complexity index is 900. The summed E-state index contributed by atoms with van der Waals surface area (Å²) in [5.74, 6) is 0.588. The Morgan fingerprint density at radius 3 is 2.73 bits per heavy atom. The van der Waals surface area contributed by atoms with E-state index in [1.54, 1.807) is 0 Å². The van der Waals surface area contributed by atoms with Crippen molar-refractivity contribution in [3.63, 3.8) is 0 Å². The molecule has 2 aliphatic heterocycles. The minimum Gasteiger partial charge on any atom is -0.496 e. The van der Waals surface area contributed by atoms with Gasteiger partial charge in [-0.2, -0.15) is 8.42 Å². The van der Waals surface area contributed by atoms with E-state index in [2.05, 4.69) is 21.5 Å². The summed E-state index contributed by atoms with van der Waals surface area (Å²) in [5.41, 5.74) is 0.207. The molecule has 1 aromatic carbocycles. The summed E-state index contributed by atoms with van der Waals surface area (Å²) in [6, 6.07) is 4.63. The lowest BCUT2D eigenvalue weighted by Crippen LogP contribution is -2.40. The number of nitrogens with zero attached hydrogens (tertiary/aromatic N) is 3. The monoisotopic (exact) mass is 436 g/mol. The van der Waals surface area contributed by atoms with Crippen molar-refractivity contribution in [2.75, 3.05) is 39.8 Å². The number of sulfonamides is 1. The minimum atomic E-state index is -3.91. The van der Waals surface area contributed by atoms with Gasteiger partial charge >= 0.3 is 0 Å². The van der Waals surface area contributed by atoms with Crippen LogP contribution >= 0.6 is 0 Å². The molecule has 30 heavy (non-hydrogen) atoms. The van der Waals surface area contributed by atoms with Gasteiger partial charge in [0.05, 0.1) is 17.6 Å². The molecule has 0 aliphatic carbocycles. The fourth-order valence-corrected chi connectivity index (χ4v) is 5.32. The smallest absolute Gasteiger partial charge is 0.283 e. The maximum atomic E-state index is 12.9. The predicted molar refractivity (Wildman–Crippen MR) is 117 cm³/mol. The maximum Gasteiger partial charge on any atom is 0.283 e. The highest BCUT2D eigenvalue weighted by atomic mass is 32.2. The number of hydrogen-bond acceptors (Lipinski definition) is 5. The second kappa shape index (κ2) is 9.78. The Kier molecular flexibility index (Phi) is 7.36. The van der Waals surface area contributed by atoms with Gasteiger partial charge in [-0.3, -0.25) is 9.69 Å². The highest BCUT2D eigenvalue weighted by molar-refractivity contribution is 7.90. The van der Waals surface area contributed by atoms with Gasteiger partial charge in [0.2, 0.25) is 0 Å².